The van der Waals surface area contributed by atoms with Gasteiger partial charge in [-0.3, -0.25) is 10.1 Å². The molecular weight excluding hydrogens is 327 g/mol. The van der Waals surface area contributed by atoms with Crippen molar-refractivity contribution in [2.24, 2.45) is 0 Å². The van der Waals surface area contributed by atoms with Crippen molar-refractivity contribution in [3.63, 3.8) is 0 Å². The molecule has 2 aromatic carbocycles. The molecule has 0 amide bonds. The molecule has 9 heteroatoms. The van der Waals surface area contributed by atoms with Crippen LogP contribution in [0.4, 0.5) is 18.9 Å². The molecule has 0 aliphatic heterocycles. The Hall–Kier alpha value is -2.48. The van der Waals surface area contributed by atoms with E-state index < -0.39 is 33.8 Å². The Kier molecular flexibility index (Phi) is 4.14. The first-order valence-electron chi connectivity index (χ1n) is 5.68. The molecule has 0 aromatic heterocycles. The number of nitrogens with zero attached hydrogens (tertiary/aromatic N) is 1. The van der Waals surface area contributed by atoms with Crippen LogP contribution in [-0.4, -0.2) is 4.92 Å². The van der Waals surface area contributed by atoms with Crippen LogP contribution in [-0.2, 0) is 6.18 Å². The van der Waals surface area contributed by atoms with Crippen LogP contribution in [0, 0.1) is 10.1 Å². The third kappa shape index (κ3) is 3.40. The molecule has 5 nitrogen and oxygen atoms in total. The van der Waals surface area contributed by atoms with E-state index in [0.717, 1.165) is 24.3 Å². The molecule has 0 unspecified atom stereocenters. The predicted octanol–water partition coefficient (Wildman–Crippen LogP) is 4.13. The molecule has 0 fully saturated rings. The summed E-state index contributed by atoms with van der Waals surface area (Å²) in [6, 6.07) is 5.03. The summed E-state index contributed by atoms with van der Waals surface area (Å²) in [4.78, 5) is 10.1. The first-order chi connectivity index (χ1) is 10.2. The quantitative estimate of drug-likeness (QED) is 0.625. The average molecular weight is 333 g/mol. The molecule has 116 valence electrons. The van der Waals surface area contributed by atoms with Gasteiger partial charge in [-0.25, -0.2) is 0 Å². The number of halogens is 4. The molecule has 0 aliphatic carbocycles. The minimum absolute atomic E-state index is 0.233. The summed E-state index contributed by atoms with van der Waals surface area (Å²) in [6.07, 6.45) is -4.58. The predicted molar refractivity (Wildman–Crippen MR) is 69.1 cm³/mol. The maximum Gasteiger partial charge on any atom is 0.416 e. The number of benzene rings is 2. The third-order valence-electron chi connectivity index (χ3n) is 2.61. The largest absolute Gasteiger partial charge is 0.872 e. The van der Waals surface area contributed by atoms with Crippen molar-refractivity contribution in [1.82, 2.24) is 0 Å². The van der Waals surface area contributed by atoms with E-state index in [-0.39, 0.29) is 10.8 Å². The minimum atomic E-state index is -4.58. The van der Waals surface area contributed by atoms with Gasteiger partial charge < -0.3 is 9.84 Å². The number of rotatable bonds is 3. The van der Waals surface area contributed by atoms with Gasteiger partial charge in [-0.05, 0) is 24.3 Å². The van der Waals surface area contributed by atoms with Gasteiger partial charge in [-0.15, -0.1) is 5.75 Å². The van der Waals surface area contributed by atoms with E-state index in [1.54, 1.807) is 0 Å². The van der Waals surface area contributed by atoms with E-state index in [4.69, 9.17) is 16.3 Å². The van der Waals surface area contributed by atoms with Gasteiger partial charge >= 0.3 is 11.9 Å². The molecule has 0 spiro atoms. The van der Waals surface area contributed by atoms with E-state index in [2.05, 4.69) is 0 Å². The maximum atomic E-state index is 12.5. The van der Waals surface area contributed by atoms with E-state index >= 15 is 0 Å². The monoisotopic (exact) mass is 332 g/mol. The van der Waals surface area contributed by atoms with Crippen LogP contribution in [0.15, 0.2) is 36.4 Å². The fourth-order valence-corrected chi connectivity index (χ4v) is 1.82. The summed E-state index contributed by atoms with van der Waals surface area (Å²) >= 11 is 5.68. The molecule has 0 bridgehead atoms. The van der Waals surface area contributed by atoms with E-state index in [1.165, 1.54) is 0 Å². The molecule has 0 N–H and O–H groups in total. The van der Waals surface area contributed by atoms with Crippen LogP contribution >= 0.6 is 11.6 Å². The lowest BCUT2D eigenvalue weighted by Crippen LogP contribution is -2.04. The Bertz CT molecular complexity index is 734. The lowest BCUT2D eigenvalue weighted by atomic mass is 10.2. The van der Waals surface area contributed by atoms with Gasteiger partial charge in [0, 0.05) is 6.07 Å². The van der Waals surface area contributed by atoms with Crippen molar-refractivity contribution in [2.75, 3.05) is 0 Å². The molecular formula is C13H6ClF3NO4-. The zero-order chi connectivity index (χ0) is 16.5. The zero-order valence-corrected chi connectivity index (χ0v) is 11.3. The summed E-state index contributed by atoms with van der Waals surface area (Å²) in [5.74, 6) is -1.19. The minimum Gasteiger partial charge on any atom is -0.872 e. The first-order valence-corrected chi connectivity index (χ1v) is 6.06. The second kappa shape index (κ2) is 5.72. The van der Waals surface area contributed by atoms with Crippen molar-refractivity contribution in [3.8, 4) is 17.2 Å². The number of hydrogen-bond donors (Lipinski definition) is 0. The van der Waals surface area contributed by atoms with Crippen molar-refractivity contribution in [1.29, 1.82) is 0 Å². The highest BCUT2D eigenvalue weighted by atomic mass is 35.5. The number of alkyl halides is 3. The number of ether oxygens (including phenoxy) is 1. The van der Waals surface area contributed by atoms with E-state index in [9.17, 15) is 28.4 Å². The van der Waals surface area contributed by atoms with Crippen molar-refractivity contribution in [2.45, 2.75) is 6.18 Å². The lowest BCUT2D eigenvalue weighted by molar-refractivity contribution is -0.385. The van der Waals surface area contributed by atoms with E-state index in [0.29, 0.717) is 12.1 Å². The van der Waals surface area contributed by atoms with Gasteiger partial charge in [0.1, 0.15) is 5.75 Å². The highest BCUT2D eigenvalue weighted by Crippen LogP contribution is 2.39. The fourth-order valence-electron chi connectivity index (χ4n) is 1.61. The molecule has 0 saturated heterocycles. The Balaban J connectivity index is 2.40. The summed E-state index contributed by atoms with van der Waals surface area (Å²) in [5, 5.41) is 21.7. The number of nitro groups is 1. The van der Waals surface area contributed by atoms with Gasteiger partial charge in [-0.2, -0.15) is 13.2 Å². The Morgan fingerprint density at radius 3 is 2.32 bits per heavy atom. The summed E-state index contributed by atoms with van der Waals surface area (Å²) in [6.45, 7) is 0. The van der Waals surface area contributed by atoms with Crippen molar-refractivity contribution < 1.29 is 27.9 Å². The molecule has 0 aliphatic rings. The van der Waals surface area contributed by atoms with Gasteiger partial charge in [0.15, 0.2) is 0 Å². The normalized spacial score (nSPS) is 11.3. The Labute approximate surface area is 126 Å². The maximum absolute atomic E-state index is 12.5. The van der Waals surface area contributed by atoms with Gasteiger partial charge in [0.05, 0.1) is 15.5 Å². The van der Waals surface area contributed by atoms with Crippen molar-refractivity contribution in [3.05, 3.63) is 57.1 Å². The van der Waals surface area contributed by atoms with Crippen LogP contribution in [0.5, 0.6) is 17.2 Å². The highest BCUT2D eigenvalue weighted by Gasteiger charge is 2.31. The SMILES string of the molecule is O=[N+]([O-])c1ccc([O-])cc1Oc1ccc(C(F)(F)F)cc1Cl. The zero-order valence-electron chi connectivity index (χ0n) is 10.6. The van der Waals surface area contributed by atoms with Crippen LogP contribution < -0.4 is 9.84 Å². The average Bonchev–Trinajstić information content (AvgIpc) is 2.39. The molecule has 2 aromatic rings. The second-order valence-electron chi connectivity index (χ2n) is 4.13. The molecule has 0 heterocycles. The van der Waals surface area contributed by atoms with E-state index in [1.807, 2.05) is 0 Å². The lowest BCUT2D eigenvalue weighted by Gasteiger charge is -2.13. The molecule has 0 radical (unpaired) electrons. The third-order valence-corrected chi connectivity index (χ3v) is 2.90. The highest BCUT2D eigenvalue weighted by molar-refractivity contribution is 6.32. The van der Waals surface area contributed by atoms with Gasteiger partial charge in [-0.1, -0.05) is 17.7 Å². The molecule has 0 saturated carbocycles. The summed E-state index contributed by atoms with van der Waals surface area (Å²) < 4.78 is 42.7. The van der Waals surface area contributed by atoms with Gasteiger partial charge in [0.25, 0.3) is 0 Å². The number of nitro benzene ring substituents is 1. The van der Waals surface area contributed by atoms with Crippen LogP contribution in [0.25, 0.3) is 0 Å². The Morgan fingerprint density at radius 2 is 1.77 bits per heavy atom. The van der Waals surface area contributed by atoms with Crippen LogP contribution in [0.3, 0.4) is 0 Å². The fraction of sp³-hybridized carbons (Fsp3) is 0.0769. The molecule has 2 rings (SSSR count). The standard InChI is InChI=1S/C13H7ClF3NO4/c14-9-5-7(13(15,16)17)1-4-11(9)22-12-6-8(19)2-3-10(12)18(20)21/h1-6,19H/p-1. The number of hydrogen-bond acceptors (Lipinski definition) is 4. The summed E-state index contributed by atoms with van der Waals surface area (Å²) in [7, 11) is 0. The van der Waals surface area contributed by atoms with Crippen LogP contribution in [0.1, 0.15) is 5.56 Å². The smallest absolute Gasteiger partial charge is 0.416 e. The van der Waals surface area contributed by atoms with Gasteiger partial charge in [0.2, 0.25) is 5.75 Å². The molecule has 22 heavy (non-hydrogen) atoms. The van der Waals surface area contributed by atoms with Crippen molar-refractivity contribution >= 4 is 17.3 Å². The van der Waals surface area contributed by atoms with Crippen LogP contribution in [0.2, 0.25) is 5.02 Å². The second-order valence-corrected chi connectivity index (χ2v) is 4.54. The Morgan fingerprint density at radius 1 is 1.09 bits per heavy atom. The topological polar surface area (TPSA) is 75.4 Å². The molecule has 0 atom stereocenters. The summed E-state index contributed by atoms with van der Waals surface area (Å²) in [5.41, 5.74) is -1.49. The first kappa shape index (κ1) is 15.9.